The fourth-order valence-electron chi connectivity index (χ4n) is 0.997. The van der Waals surface area contributed by atoms with Gasteiger partial charge >= 0.3 is 0 Å². The van der Waals surface area contributed by atoms with Gasteiger partial charge in [0.2, 0.25) is 0 Å². The highest BCUT2D eigenvalue weighted by Gasteiger charge is 1.94. The molecule has 0 unspecified atom stereocenters. The Hall–Kier alpha value is -0.860. The highest BCUT2D eigenvalue weighted by molar-refractivity contribution is 5.28. The zero-order chi connectivity index (χ0) is 8.81. The molecule has 0 amide bonds. The molecule has 0 aliphatic heterocycles. The summed E-state index contributed by atoms with van der Waals surface area (Å²) in [4.78, 5) is 0. The molecule has 2 radical (unpaired) electrons. The first-order valence-corrected chi connectivity index (χ1v) is 3.99. The van der Waals surface area contributed by atoms with E-state index in [0.717, 1.165) is 11.1 Å². The van der Waals surface area contributed by atoms with Crippen molar-refractivity contribution in [1.29, 1.82) is 0 Å². The predicted molar refractivity (Wildman–Crippen MR) is 48.6 cm³/mol. The maximum absolute atomic E-state index is 8.52. The molecule has 2 N–H and O–H groups in total. The van der Waals surface area contributed by atoms with Gasteiger partial charge in [-0.2, -0.15) is 0 Å². The summed E-state index contributed by atoms with van der Waals surface area (Å²) in [6.07, 6.45) is 0. The lowest BCUT2D eigenvalue weighted by Crippen LogP contribution is -2.17. The van der Waals surface area contributed by atoms with E-state index < -0.39 is 0 Å². The standard InChI is InChI=1S/C10H13NO/c1-9-4-2-3-5-10(9)8-11-6-7-12/h1-5,11-12H,6-8H2. The van der Waals surface area contributed by atoms with E-state index in [1.54, 1.807) is 0 Å². The fourth-order valence-corrected chi connectivity index (χ4v) is 0.997. The Morgan fingerprint density at radius 3 is 2.75 bits per heavy atom. The van der Waals surface area contributed by atoms with E-state index in [1.807, 2.05) is 24.3 Å². The van der Waals surface area contributed by atoms with Gasteiger partial charge in [0.15, 0.2) is 0 Å². The number of aliphatic hydroxyl groups is 1. The quantitative estimate of drug-likeness (QED) is 0.644. The van der Waals surface area contributed by atoms with Gasteiger partial charge in [-0.15, -0.1) is 0 Å². The summed E-state index contributed by atoms with van der Waals surface area (Å²) in [5, 5.41) is 11.6. The van der Waals surface area contributed by atoms with Crippen molar-refractivity contribution in [1.82, 2.24) is 5.32 Å². The summed E-state index contributed by atoms with van der Waals surface area (Å²) in [5.41, 5.74) is 1.87. The van der Waals surface area contributed by atoms with E-state index in [0.29, 0.717) is 13.1 Å². The predicted octanol–water partition coefficient (Wildman–Crippen LogP) is 0.828. The Bertz CT molecular complexity index is 235. The highest BCUT2D eigenvalue weighted by atomic mass is 16.3. The molecule has 0 heterocycles. The fraction of sp³-hybridized carbons (Fsp3) is 0.300. The van der Waals surface area contributed by atoms with Gasteiger partial charge in [0, 0.05) is 13.1 Å². The summed E-state index contributed by atoms with van der Waals surface area (Å²) in [6, 6.07) is 7.70. The van der Waals surface area contributed by atoms with Crippen LogP contribution in [-0.2, 0) is 6.54 Å². The third-order valence-electron chi connectivity index (χ3n) is 1.66. The minimum Gasteiger partial charge on any atom is -0.395 e. The number of hydrogen-bond donors (Lipinski definition) is 2. The first-order chi connectivity index (χ1) is 5.84. The van der Waals surface area contributed by atoms with Gasteiger partial charge in [-0.25, -0.2) is 0 Å². The molecule has 2 nitrogen and oxygen atoms in total. The van der Waals surface area contributed by atoms with Crippen LogP contribution in [0, 0.1) is 6.92 Å². The van der Waals surface area contributed by atoms with E-state index >= 15 is 0 Å². The van der Waals surface area contributed by atoms with Crippen LogP contribution in [0.3, 0.4) is 0 Å². The molecule has 0 aliphatic carbocycles. The van der Waals surface area contributed by atoms with Crippen LogP contribution in [0.25, 0.3) is 0 Å². The Morgan fingerprint density at radius 1 is 1.33 bits per heavy atom. The first kappa shape index (κ1) is 9.23. The second-order valence-corrected chi connectivity index (χ2v) is 2.60. The molecule has 1 rings (SSSR count). The van der Waals surface area contributed by atoms with Crippen molar-refractivity contribution in [2.24, 2.45) is 0 Å². The van der Waals surface area contributed by atoms with Crippen LogP contribution in [0.5, 0.6) is 0 Å². The van der Waals surface area contributed by atoms with Gasteiger partial charge < -0.3 is 10.4 Å². The lowest BCUT2D eigenvalue weighted by molar-refractivity contribution is 0.292. The average Bonchev–Trinajstić information content (AvgIpc) is 2.09. The number of hydrogen-bond acceptors (Lipinski definition) is 2. The maximum atomic E-state index is 8.52. The van der Waals surface area contributed by atoms with Crippen molar-refractivity contribution in [3.63, 3.8) is 0 Å². The van der Waals surface area contributed by atoms with Crippen LogP contribution in [0.15, 0.2) is 24.3 Å². The second-order valence-electron chi connectivity index (χ2n) is 2.60. The molecule has 0 bridgehead atoms. The van der Waals surface area contributed by atoms with E-state index in [9.17, 15) is 0 Å². The Kier molecular flexibility index (Phi) is 3.77. The molecule has 0 saturated carbocycles. The SMILES string of the molecule is [CH]c1ccccc1CNCCO. The van der Waals surface area contributed by atoms with Gasteiger partial charge in [0.25, 0.3) is 0 Å². The third kappa shape index (κ3) is 2.64. The summed E-state index contributed by atoms with van der Waals surface area (Å²) in [7, 11) is 0. The number of rotatable bonds is 4. The third-order valence-corrected chi connectivity index (χ3v) is 1.66. The monoisotopic (exact) mass is 163 g/mol. The molecule has 64 valence electrons. The normalized spacial score (nSPS) is 10.2. The smallest absolute Gasteiger partial charge is 0.0556 e. The zero-order valence-corrected chi connectivity index (χ0v) is 6.96. The van der Waals surface area contributed by atoms with E-state index in [2.05, 4.69) is 5.32 Å². The van der Waals surface area contributed by atoms with Crippen molar-refractivity contribution in [2.75, 3.05) is 13.2 Å². The van der Waals surface area contributed by atoms with Gasteiger partial charge in [0.1, 0.15) is 0 Å². The number of benzene rings is 1. The number of aliphatic hydroxyl groups excluding tert-OH is 1. The summed E-state index contributed by atoms with van der Waals surface area (Å²) in [6.45, 7) is 7.18. The van der Waals surface area contributed by atoms with Crippen molar-refractivity contribution in [3.05, 3.63) is 42.3 Å². The molecule has 12 heavy (non-hydrogen) atoms. The number of nitrogens with one attached hydrogen (secondary N) is 1. The van der Waals surface area contributed by atoms with Crippen molar-refractivity contribution >= 4 is 0 Å². The first-order valence-electron chi connectivity index (χ1n) is 3.99. The molecule has 0 aliphatic rings. The average molecular weight is 163 g/mol. The van der Waals surface area contributed by atoms with E-state index in [4.69, 9.17) is 12.0 Å². The van der Waals surface area contributed by atoms with Gasteiger partial charge in [-0.1, -0.05) is 24.3 Å². The molecule has 0 aromatic heterocycles. The van der Waals surface area contributed by atoms with Crippen molar-refractivity contribution < 1.29 is 5.11 Å². The topological polar surface area (TPSA) is 32.3 Å². The molecular formula is C10H13NO. The van der Waals surface area contributed by atoms with Crippen LogP contribution >= 0.6 is 0 Å². The molecule has 0 spiro atoms. The minimum absolute atomic E-state index is 0.159. The second kappa shape index (κ2) is 4.91. The summed E-state index contributed by atoms with van der Waals surface area (Å²) in [5.74, 6) is 0. The molecule has 0 fully saturated rings. The minimum atomic E-state index is 0.159. The summed E-state index contributed by atoms with van der Waals surface area (Å²) < 4.78 is 0. The molecule has 1 aromatic rings. The van der Waals surface area contributed by atoms with Gasteiger partial charge in [-0.3, -0.25) is 0 Å². The van der Waals surface area contributed by atoms with Crippen LogP contribution in [0.1, 0.15) is 11.1 Å². The van der Waals surface area contributed by atoms with E-state index in [-0.39, 0.29) is 6.61 Å². The zero-order valence-electron chi connectivity index (χ0n) is 6.96. The van der Waals surface area contributed by atoms with Crippen LogP contribution < -0.4 is 5.32 Å². The van der Waals surface area contributed by atoms with Gasteiger partial charge in [0.05, 0.1) is 6.61 Å². The Morgan fingerprint density at radius 2 is 2.08 bits per heavy atom. The lowest BCUT2D eigenvalue weighted by Gasteiger charge is -2.05. The van der Waals surface area contributed by atoms with Crippen LogP contribution in [-0.4, -0.2) is 18.3 Å². The largest absolute Gasteiger partial charge is 0.395 e. The van der Waals surface area contributed by atoms with Crippen LogP contribution in [0.4, 0.5) is 0 Å². The summed E-state index contributed by atoms with van der Waals surface area (Å²) >= 11 is 0. The van der Waals surface area contributed by atoms with E-state index in [1.165, 1.54) is 0 Å². The maximum Gasteiger partial charge on any atom is 0.0556 e. The molecular weight excluding hydrogens is 150 g/mol. The van der Waals surface area contributed by atoms with Crippen molar-refractivity contribution in [2.45, 2.75) is 6.54 Å². The molecule has 0 saturated heterocycles. The van der Waals surface area contributed by atoms with Crippen molar-refractivity contribution in [3.8, 4) is 0 Å². The Balaban J connectivity index is 2.46. The van der Waals surface area contributed by atoms with Gasteiger partial charge in [-0.05, 0) is 18.1 Å². The Labute approximate surface area is 73.2 Å². The highest BCUT2D eigenvalue weighted by Crippen LogP contribution is 2.05. The molecule has 0 atom stereocenters. The van der Waals surface area contributed by atoms with Crippen LogP contribution in [0.2, 0.25) is 0 Å². The lowest BCUT2D eigenvalue weighted by atomic mass is 10.1. The molecule has 2 heteroatoms. The molecule has 1 aromatic carbocycles.